The highest BCUT2D eigenvalue weighted by Gasteiger charge is 2.19. The van der Waals surface area contributed by atoms with Crippen LogP contribution in [0.3, 0.4) is 0 Å². The number of rotatable bonds is 5. The minimum absolute atomic E-state index is 0.165. The minimum Gasteiger partial charge on any atom is -0.375 e. The number of hydrogen-bond donors (Lipinski definition) is 1. The Hall–Kier alpha value is -2.32. The molecule has 0 aliphatic rings. The average Bonchev–Trinajstić information content (AvgIpc) is 2.94. The van der Waals surface area contributed by atoms with Gasteiger partial charge in [-0.05, 0) is 42.3 Å². The van der Waals surface area contributed by atoms with Crippen LogP contribution in [0.15, 0.2) is 42.6 Å². The normalized spacial score (nSPS) is 13.0. The molecule has 132 valence electrons. The molecule has 0 radical (unpaired) electrons. The summed E-state index contributed by atoms with van der Waals surface area (Å²) in [5.41, 5.74) is 2.83. The van der Waals surface area contributed by atoms with Gasteiger partial charge in [-0.3, -0.25) is 4.31 Å². The Morgan fingerprint density at radius 1 is 1.24 bits per heavy atom. The van der Waals surface area contributed by atoms with E-state index in [1.165, 1.54) is 10.6 Å². The zero-order valence-corrected chi connectivity index (χ0v) is 15.6. The number of benzene rings is 1. The molecule has 0 bridgehead atoms. The lowest BCUT2D eigenvalue weighted by Gasteiger charge is -2.24. The van der Waals surface area contributed by atoms with Crippen molar-refractivity contribution in [1.29, 1.82) is 0 Å². The first-order valence-electron chi connectivity index (χ1n) is 7.57. The fraction of sp³-hybridized carbons (Fsp3) is 0.250. The number of fused-ring (bicyclic) bond motifs is 1. The summed E-state index contributed by atoms with van der Waals surface area (Å²) >= 11 is 5.88. The predicted octanol–water partition coefficient (Wildman–Crippen LogP) is 2.95. The summed E-state index contributed by atoms with van der Waals surface area (Å²) in [6.45, 7) is 1.95. The van der Waals surface area contributed by atoms with E-state index in [9.17, 15) is 8.42 Å². The van der Waals surface area contributed by atoms with Crippen LogP contribution < -0.4 is 9.62 Å². The van der Waals surface area contributed by atoms with Crippen LogP contribution in [0.1, 0.15) is 18.5 Å². The zero-order chi connectivity index (χ0) is 18.2. The number of nitrogens with zero attached hydrogens (tertiary/aromatic N) is 4. The van der Waals surface area contributed by atoms with E-state index in [4.69, 9.17) is 11.6 Å². The SMILES string of the molecule is CC(Nc1cccn2nc(Cl)nc12)c1ccccc1N(C)S(C)(=O)=O. The van der Waals surface area contributed by atoms with E-state index in [1.807, 2.05) is 37.3 Å². The Morgan fingerprint density at radius 3 is 2.68 bits per heavy atom. The molecular formula is C16H18ClN5O2S. The number of sulfonamides is 1. The first kappa shape index (κ1) is 17.5. The summed E-state index contributed by atoms with van der Waals surface area (Å²) in [6, 6.07) is 10.9. The van der Waals surface area contributed by atoms with Crippen LogP contribution in [0, 0.1) is 0 Å². The third-order valence-corrected chi connectivity index (χ3v) is 5.30. The highest BCUT2D eigenvalue weighted by molar-refractivity contribution is 7.92. The first-order chi connectivity index (χ1) is 11.8. The molecule has 1 atom stereocenters. The number of halogens is 1. The molecule has 0 saturated heterocycles. The summed E-state index contributed by atoms with van der Waals surface area (Å²) in [6.07, 6.45) is 2.94. The second-order valence-corrected chi connectivity index (χ2v) is 8.08. The van der Waals surface area contributed by atoms with Crippen LogP contribution in [0.25, 0.3) is 5.65 Å². The van der Waals surface area contributed by atoms with Crippen LogP contribution in [0.2, 0.25) is 5.28 Å². The van der Waals surface area contributed by atoms with Gasteiger partial charge in [0, 0.05) is 13.2 Å². The van der Waals surface area contributed by atoms with Crippen molar-refractivity contribution in [3.05, 3.63) is 53.4 Å². The lowest BCUT2D eigenvalue weighted by Crippen LogP contribution is -2.26. The Morgan fingerprint density at radius 2 is 1.96 bits per heavy atom. The van der Waals surface area contributed by atoms with Crippen molar-refractivity contribution in [3.63, 3.8) is 0 Å². The molecule has 9 heteroatoms. The summed E-state index contributed by atoms with van der Waals surface area (Å²) in [5, 5.41) is 7.60. The molecule has 2 aromatic heterocycles. The largest absolute Gasteiger partial charge is 0.375 e. The third-order valence-electron chi connectivity index (χ3n) is 3.95. The summed E-state index contributed by atoms with van der Waals surface area (Å²) in [4.78, 5) is 4.21. The molecule has 7 nitrogen and oxygen atoms in total. The number of nitrogens with one attached hydrogen (secondary N) is 1. The molecule has 0 amide bonds. The van der Waals surface area contributed by atoms with E-state index >= 15 is 0 Å². The van der Waals surface area contributed by atoms with Crippen LogP contribution >= 0.6 is 11.6 Å². The lowest BCUT2D eigenvalue weighted by molar-refractivity contribution is 0.600. The van der Waals surface area contributed by atoms with Gasteiger partial charge in [-0.15, -0.1) is 5.10 Å². The molecule has 2 heterocycles. The van der Waals surface area contributed by atoms with Crippen molar-refractivity contribution in [3.8, 4) is 0 Å². The zero-order valence-electron chi connectivity index (χ0n) is 14.0. The molecule has 0 aliphatic carbocycles. The molecule has 1 N–H and O–H groups in total. The second kappa shape index (κ2) is 6.53. The molecule has 0 fully saturated rings. The Kier molecular flexibility index (Phi) is 4.57. The van der Waals surface area contributed by atoms with Gasteiger partial charge in [0.25, 0.3) is 0 Å². The van der Waals surface area contributed by atoms with E-state index in [0.29, 0.717) is 11.3 Å². The van der Waals surface area contributed by atoms with Crippen LogP contribution in [0.5, 0.6) is 0 Å². The smallest absolute Gasteiger partial charge is 0.243 e. The van der Waals surface area contributed by atoms with Gasteiger partial charge < -0.3 is 5.32 Å². The molecule has 1 aromatic carbocycles. The number of para-hydroxylation sites is 1. The van der Waals surface area contributed by atoms with Crippen molar-refractivity contribution in [2.75, 3.05) is 22.9 Å². The van der Waals surface area contributed by atoms with Gasteiger partial charge >= 0.3 is 0 Å². The van der Waals surface area contributed by atoms with E-state index in [2.05, 4.69) is 15.4 Å². The van der Waals surface area contributed by atoms with Gasteiger partial charge in [-0.1, -0.05) is 18.2 Å². The first-order valence-corrected chi connectivity index (χ1v) is 9.80. The fourth-order valence-corrected chi connectivity index (χ4v) is 3.31. The van der Waals surface area contributed by atoms with Crippen molar-refractivity contribution in [2.45, 2.75) is 13.0 Å². The number of anilines is 2. The lowest BCUT2D eigenvalue weighted by atomic mass is 10.1. The predicted molar refractivity (Wildman–Crippen MR) is 99.7 cm³/mol. The van der Waals surface area contributed by atoms with Crippen molar-refractivity contribution in [2.24, 2.45) is 0 Å². The maximum Gasteiger partial charge on any atom is 0.243 e. The quantitative estimate of drug-likeness (QED) is 0.737. The van der Waals surface area contributed by atoms with Crippen LogP contribution in [-0.2, 0) is 10.0 Å². The summed E-state index contributed by atoms with van der Waals surface area (Å²) in [5.74, 6) is 0. The maximum atomic E-state index is 11.9. The van der Waals surface area contributed by atoms with Gasteiger partial charge in [0.1, 0.15) is 0 Å². The summed E-state index contributed by atoms with van der Waals surface area (Å²) in [7, 11) is -1.81. The molecule has 0 saturated carbocycles. The standard InChI is InChI=1S/C16H18ClN5O2S/c1-11(12-7-4-5-9-14(12)21(2)25(3,23)24)18-13-8-6-10-22-15(13)19-16(17)20-22/h4-11,18H,1-3H3. The molecule has 0 spiro atoms. The third kappa shape index (κ3) is 3.54. The molecule has 3 rings (SSSR count). The van der Waals surface area contributed by atoms with Crippen molar-refractivity contribution < 1.29 is 8.42 Å². The molecular weight excluding hydrogens is 362 g/mol. The van der Waals surface area contributed by atoms with Gasteiger partial charge in [0.05, 0.1) is 23.7 Å². The van der Waals surface area contributed by atoms with E-state index in [0.717, 1.165) is 11.3 Å². The second-order valence-electron chi connectivity index (χ2n) is 5.73. The molecule has 3 aromatic rings. The van der Waals surface area contributed by atoms with E-state index in [1.54, 1.807) is 23.8 Å². The number of aromatic nitrogens is 3. The molecule has 0 aliphatic heterocycles. The highest BCUT2D eigenvalue weighted by Crippen LogP contribution is 2.30. The Balaban J connectivity index is 1.98. The highest BCUT2D eigenvalue weighted by atomic mass is 35.5. The van der Waals surface area contributed by atoms with Gasteiger partial charge in [-0.25, -0.2) is 12.9 Å². The van der Waals surface area contributed by atoms with E-state index in [-0.39, 0.29) is 11.3 Å². The topological polar surface area (TPSA) is 79.6 Å². The maximum absolute atomic E-state index is 11.9. The number of pyridine rings is 1. The molecule has 25 heavy (non-hydrogen) atoms. The Labute approximate surface area is 151 Å². The van der Waals surface area contributed by atoms with Crippen molar-refractivity contribution in [1.82, 2.24) is 14.6 Å². The van der Waals surface area contributed by atoms with Gasteiger partial charge in [-0.2, -0.15) is 4.98 Å². The van der Waals surface area contributed by atoms with Gasteiger partial charge in [0.15, 0.2) is 5.65 Å². The molecule has 1 unspecified atom stereocenters. The number of hydrogen-bond acceptors (Lipinski definition) is 5. The monoisotopic (exact) mass is 379 g/mol. The average molecular weight is 380 g/mol. The minimum atomic E-state index is -3.35. The fourth-order valence-electron chi connectivity index (χ4n) is 2.62. The van der Waals surface area contributed by atoms with E-state index < -0.39 is 10.0 Å². The van der Waals surface area contributed by atoms with Crippen molar-refractivity contribution >= 4 is 38.6 Å². The van der Waals surface area contributed by atoms with Gasteiger partial charge in [0.2, 0.25) is 15.3 Å². The summed E-state index contributed by atoms with van der Waals surface area (Å²) < 4.78 is 26.7. The Bertz CT molecular complexity index is 1020. The van der Waals surface area contributed by atoms with Crippen LogP contribution in [0.4, 0.5) is 11.4 Å². The van der Waals surface area contributed by atoms with Crippen LogP contribution in [-0.4, -0.2) is 36.3 Å².